The van der Waals surface area contributed by atoms with Gasteiger partial charge in [-0.25, -0.2) is 0 Å². The Balaban J connectivity index is 2.27. The maximum Gasteiger partial charge on any atom is 0.0820 e. The maximum atomic E-state index is 6.20. The van der Waals surface area contributed by atoms with Crippen LogP contribution in [0.1, 0.15) is 31.4 Å². The van der Waals surface area contributed by atoms with E-state index in [1.54, 1.807) is 6.20 Å². The molecule has 0 amide bonds. The zero-order valence-corrected chi connectivity index (χ0v) is 10.1. The Morgan fingerprint density at radius 3 is 3.07 bits per heavy atom. The minimum atomic E-state index is 0.566. The highest BCUT2D eigenvalue weighted by Crippen LogP contribution is 2.35. The van der Waals surface area contributed by atoms with Gasteiger partial charge in [-0.05, 0) is 25.4 Å². The van der Waals surface area contributed by atoms with Crippen LogP contribution in [0.15, 0.2) is 6.20 Å². The van der Waals surface area contributed by atoms with Crippen LogP contribution in [0.5, 0.6) is 0 Å². The van der Waals surface area contributed by atoms with Crippen LogP contribution in [0.25, 0.3) is 0 Å². The average Bonchev–Trinajstić information content (AvgIpc) is 2.59. The first-order valence-corrected chi connectivity index (χ1v) is 6.00. The van der Waals surface area contributed by atoms with Gasteiger partial charge in [-0.3, -0.25) is 4.68 Å². The lowest BCUT2D eigenvalue weighted by Gasteiger charge is -2.31. The Hall–Kier alpha value is -0.540. The number of hydrogen-bond donors (Lipinski definition) is 1. The fraction of sp³-hybridized carbons (Fsp3) is 0.727. The number of nitrogens with one attached hydrogen (secondary N) is 1. The molecular formula is C11H18ClN3. The highest BCUT2D eigenvalue weighted by molar-refractivity contribution is 6.31. The maximum absolute atomic E-state index is 6.20. The molecule has 0 aromatic carbocycles. The number of rotatable bonds is 2. The van der Waals surface area contributed by atoms with Crippen molar-refractivity contribution in [3.8, 4) is 0 Å². The summed E-state index contributed by atoms with van der Waals surface area (Å²) in [6.45, 7) is 4.43. The third kappa shape index (κ3) is 2.04. The van der Waals surface area contributed by atoms with Gasteiger partial charge in [0.1, 0.15) is 0 Å². The van der Waals surface area contributed by atoms with E-state index < -0.39 is 0 Å². The summed E-state index contributed by atoms with van der Waals surface area (Å²) in [6, 6.07) is 0. The fourth-order valence-corrected chi connectivity index (χ4v) is 2.86. The molecule has 15 heavy (non-hydrogen) atoms. The molecule has 0 spiro atoms. The zero-order chi connectivity index (χ0) is 10.8. The predicted octanol–water partition coefficient (Wildman–Crippen LogP) is 2.18. The van der Waals surface area contributed by atoms with Crippen LogP contribution in [-0.4, -0.2) is 22.9 Å². The molecule has 2 atom stereocenters. The van der Waals surface area contributed by atoms with Gasteiger partial charge in [0.05, 0.1) is 16.9 Å². The fourth-order valence-electron chi connectivity index (χ4n) is 2.55. The Kier molecular flexibility index (Phi) is 3.32. The van der Waals surface area contributed by atoms with E-state index in [0.29, 0.717) is 11.8 Å². The molecule has 0 radical (unpaired) electrons. The normalized spacial score (nSPS) is 26.9. The van der Waals surface area contributed by atoms with E-state index in [0.717, 1.165) is 24.5 Å². The van der Waals surface area contributed by atoms with Gasteiger partial charge in [-0.2, -0.15) is 5.10 Å². The molecule has 2 unspecified atom stereocenters. The summed E-state index contributed by atoms with van der Waals surface area (Å²) in [5.74, 6) is 1.25. The van der Waals surface area contributed by atoms with Gasteiger partial charge in [-0.1, -0.05) is 24.9 Å². The first kappa shape index (κ1) is 11.0. The number of halogens is 1. The molecule has 0 saturated carbocycles. The lowest BCUT2D eigenvalue weighted by Crippen LogP contribution is -2.35. The third-order valence-corrected chi connectivity index (χ3v) is 3.71. The summed E-state index contributed by atoms with van der Waals surface area (Å²) in [5.41, 5.74) is 1.21. The van der Waals surface area contributed by atoms with Crippen molar-refractivity contribution in [2.45, 2.75) is 25.7 Å². The molecule has 1 aliphatic heterocycles. The van der Waals surface area contributed by atoms with E-state index in [1.807, 2.05) is 11.7 Å². The predicted molar refractivity (Wildman–Crippen MR) is 62.2 cm³/mol. The first-order valence-electron chi connectivity index (χ1n) is 5.62. The number of hydrogen-bond acceptors (Lipinski definition) is 2. The van der Waals surface area contributed by atoms with Gasteiger partial charge in [0, 0.05) is 13.0 Å². The van der Waals surface area contributed by atoms with Crippen molar-refractivity contribution in [1.29, 1.82) is 0 Å². The van der Waals surface area contributed by atoms with E-state index >= 15 is 0 Å². The number of aromatic nitrogens is 2. The molecule has 2 heterocycles. The molecule has 0 aliphatic carbocycles. The van der Waals surface area contributed by atoms with Gasteiger partial charge in [-0.15, -0.1) is 0 Å². The third-order valence-electron chi connectivity index (χ3n) is 3.42. The first-order chi connectivity index (χ1) is 7.24. The van der Waals surface area contributed by atoms with Gasteiger partial charge >= 0.3 is 0 Å². The molecule has 3 nitrogen and oxygen atoms in total. The van der Waals surface area contributed by atoms with E-state index in [2.05, 4.69) is 17.3 Å². The molecule has 1 saturated heterocycles. The van der Waals surface area contributed by atoms with E-state index in [1.165, 1.54) is 12.1 Å². The minimum absolute atomic E-state index is 0.566. The van der Waals surface area contributed by atoms with E-state index in [-0.39, 0.29) is 0 Å². The molecular weight excluding hydrogens is 210 g/mol. The van der Waals surface area contributed by atoms with Crippen molar-refractivity contribution in [2.75, 3.05) is 13.1 Å². The number of piperidine rings is 1. The highest BCUT2D eigenvalue weighted by atomic mass is 35.5. The van der Waals surface area contributed by atoms with Crippen LogP contribution < -0.4 is 5.32 Å². The van der Waals surface area contributed by atoms with Crippen LogP contribution in [0.2, 0.25) is 5.02 Å². The van der Waals surface area contributed by atoms with Crippen molar-refractivity contribution >= 4 is 11.6 Å². The smallest absolute Gasteiger partial charge is 0.0820 e. The Labute approximate surface area is 95.8 Å². The second-order valence-electron chi connectivity index (χ2n) is 4.27. The van der Waals surface area contributed by atoms with Gasteiger partial charge < -0.3 is 5.32 Å². The molecule has 84 valence electrons. The second kappa shape index (κ2) is 4.54. The molecule has 2 rings (SSSR count). The quantitative estimate of drug-likeness (QED) is 0.840. The number of aryl methyl sites for hydroxylation is 1. The lowest BCUT2D eigenvalue weighted by atomic mass is 9.82. The van der Waals surface area contributed by atoms with Crippen LogP contribution in [-0.2, 0) is 7.05 Å². The molecule has 1 aromatic rings. The largest absolute Gasteiger partial charge is 0.316 e. The van der Waals surface area contributed by atoms with Crippen molar-refractivity contribution in [3.63, 3.8) is 0 Å². The zero-order valence-electron chi connectivity index (χ0n) is 9.33. The molecule has 1 aromatic heterocycles. The van der Waals surface area contributed by atoms with Crippen LogP contribution in [0.4, 0.5) is 0 Å². The SMILES string of the molecule is CCC1CNCCC1c1c(Cl)cnn1C. The molecule has 1 fully saturated rings. The summed E-state index contributed by atoms with van der Waals surface area (Å²) in [6.07, 6.45) is 4.11. The summed E-state index contributed by atoms with van der Waals surface area (Å²) >= 11 is 6.20. The van der Waals surface area contributed by atoms with Crippen molar-refractivity contribution < 1.29 is 0 Å². The molecule has 1 aliphatic rings. The summed E-state index contributed by atoms with van der Waals surface area (Å²) < 4.78 is 1.93. The van der Waals surface area contributed by atoms with Gasteiger partial charge in [0.15, 0.2) is 0 Å². The van der Waals surface area contributed by atoms with Crippen LogP contribution >= 0.6 is 11.6 Å². The second-order valence-corrected chi connectivity index (χ2v) is 4.68. The average molecular weight is 228 g/mol. The highest BCUT2D eigenvalue weighted by Gasteiger charge is 2.28. The Morgan fingerprint density at radius 1 is 1.67 bits per heavy atom. The standard InChI is InChI=1S/C11H18ClN3/c1-3-8-6-13-5-4-9(8)11-10(12)7-14-15(11)2/h7-9,13H,3-6H2,1-2H3. The minimum Gasteiger partial charge on any atom is -0.316 e. The van der Waals surface area contributed by atoms with Gasteiger partial charge in [0.25, 0.3) is 0 Å². The lowest BCUT2D eigenvalue weighted by molar-refractivity contribution is 0.307. The summed E-state index contributed by atoms with van der Waals surface area (Å²) in [4.78, 5) is 0. The Morgan fingerprint density at radius 2 is 2.47 bits per heavy atom. The molecule has 1 N–H and O–H groups in total. The van der Waals surface area contributed by atoms with Crippen molar-refractivity contribution in [3.05, 3.63) is 16.9 Å². The van der Waals surface area contributed by atoms with Crippen LogP contribution in [0, 0.1) is 5.92 Å². The number of nitrogens with zero attached hydrogens (tertiary/aromatic N) is 2. The van der Waals surface area contributed by atoms with Crippen LogP contribution in [0.3, 0.4) is 0 Å². The molecule has 0 bridgehead atoms. The van der Waals surface area contributed by atoms with E-state index in [4.69, 9.17) is 11.6 Å². The van der Waals surface area contributed by atoms with Gasteiger partial charge in [0.2, 0.25) is 0 Å². The Bertz CT molecular complexity index is 315. The van der Waals surface area contributed by atoms with Crippen molar-refractivity contribution in [2.24, 2.45) is 13.0 Å². The summed E-state index contributed by atoms with van der Waals surface area (Å²) in [5, 5.41) is 8.49. The topological polar surface area (TPSA) is 29.9 Å². The molecule has 4 heteroatoms. The monoisotopic (exact) mass is 227 g/mol. The summed E-state index contributed by atoms with van der Waals surface area (Å²) in [7, 11) is 1.98. The van der Waals surface area contributed by atoms with E-state index in [9.17, 15) is 0 Å². The van der Waals surface area contributed by atoms with Crippen molar-refractivity contribution in [1.82, 2.24) is 15.1 Å².